The fraction of sp³-hybridized carbons (Fsp3) is 0.286. The minimum Gasteiger partial charge on any atom is -0.315 e. The van der Waals surface area contributed by atoms with Crippen molar-refractivity contribution in [3.05, 3.63) is 26.9 Å². The largest absolute Gasteiger partial charge is 0.409 e. The lowest BCUT2D eigenvalue weighted by Crippen LogP contribution is -2.29. The molecular weight excluding hydrogens is 329 g/mol. The Morgan fingerprint density at radius 2 is 1.86 bits per heavy atom. The molecule has 0 bridgehead atoms. The molecule has 1 heterocycles. The number of nitrogens with zero attached hydrogens (tertiary/aromatic N) is 1. The average molecular weight is 334 g/mol. The molecule has 1 aromatic rings. The van der Waals surface area contributed by atoms with Crippen molar-refractivity contribution in [2.45, 2.75) is 12.2 Å². The first kappa shape index (κ1) is 11.9. The van der Waals surface area contributed by atoms with Crippen molar-refractivity contribution >= 4 is 31.9 Å². The summed E-state index contributed by atoms with van der Waals surface area (Å²) in [5.41, 5.74) is 4.75. The van der Waals surface area contributed by atoms with E-state index < -0.39 is 12.2 Å². The van der Waals surface area contributed by atoms with Crippen LogP contribution in [0, 0.1) is 0 Å². The zero-order chi connectivity index (χ0) is 10.9. The van der Waals surface area contributed by atoms with Crippen molar-refractivity contribution in [1.82, 2.24) is 4.98 Å². The molecule has 0 aliphatic rings. The summed E-state index contributed by atoms with van der Waals surface area (Å²) in [6.07, 6.45) is -4.47. The van der Waals surface area contributed by atoms with Gasteiger partial charge >= 0.3 is 6.18 Å². The van der Waals surface area contributed by atoms with Gasteiger partial charge in [-0.15, -0.1) is 0 Å². The normalized spacial score (nSPS) is 14.1. The van der Waals surface area contributed by atoms with Gasteiger partial charge in [-0.25, -0.2) is 4.98 Å². The Morgan fingerprint density at radius 1 is 1.29 bits per heavy atom. The van der Waals surface area contributed by atoms with Gasteiger partial charge in [0.1, 0.15) is 10.6 Å². The second-order valence-corrected chi connectivity index (χ2v) is 4.13. The van der Waals surface area contributed by atoms with Crippen LogP contribution in [0.1, 0.15) is 11.7 Å². The van der Waals surface area contributed by atoms with Crippen LogP contribution in [0.3, 0.4) is 0 Å². The molecular formula is C7H5Br2F3N2. The Kier molecular flexibility index (Phi) is 3.54. The van der Waals surface area contributed by atoms with E-state index in [4.69, 9.17) is 5.73 Å². The lowest BCUT2D eigenvalue weighted by atomic mass is 10.2. The third-order valence-corrected chi connectivity index (χ3v) is 3.27. The number of nitrogens with two attached hydrogens (primary N) is 1. The van der Waals surface area contributed by atoms with E-state index >= 15 is 0 Å². The summed E-state index contributed by atoms with van der Waals surface area (Å²) in [4.78, 5) is 3.66. The highest BCUT2D eigenvalue weighted by molar-refractivity contribution is 9.13. The van der Waals surface area contributed by atoms with Crippen molar-refractivity contribution in [2.24, 2.45) is 5.73 Å². The number of hydrogen-bond donors (Lipinski definition) is 1. The highest BCUT2D eigenvalue weighted by Gasteiger charge is 2.38. The molecule has 7 heteroatoms. The molecule has 0 aliphatic carbocycles. The van der Waals surface area contributed by atoms with Gasteiger partial charge in [-0.2, -0.15) is 13.2 Å². The first-order valence-electron chi connectivity index (χ1n) is 3.46. The van der Waals surface area contributed by atoms with E-state index in [9.17, 15) is 13.2 Å². The fourth-order valence-corrected chi connectivity index (χ4v) is 1.33. The van der Waals surface area contributed by atoms with Gasteiger partial charge in [-0.05, 0) is 44.0 Å². The van der Waals surface area contributed by atoms with Crippen LogP contribution < -0.4 is 5.73 Å². The van der Waals surface area contributed by atoms with Crippen LogP contribution in [0.15, 0.2) is 21.2 Å². The molecule has 2 N–H and O–H groups in total. The summed E-state index contributed by atoms with van der Waals surface area (Å²) in [7, 11) is 0. The van der Waals surface area contributed by atoms with E-state index in [1.165, 1.54) is 12.1 Å². The number of alkyl halides is 3. The molecule has 0 unspecified atom stereocenters. The van der Waals surface area contributed by atoms with E-state index in [1.807, 2.05) is 0 Å². The fourth-order valence-electron chi connectivity index (χ4n) is 0.772. The summed E-state index contributed by atoms with van der Waals surface area (Å²) >= 11 is 6.10. The maximum absolute atomic E-state index is 12.2. The highest BCUT2D eigenvalue weighted by Crippen LogP contribution is 2.31. The van der Waals surface area contributed by atoms with Crippen LogP contribution in [0.5, 0.6) is 0 Å². The summed E-state index contributed by atoms with van der Waals surface area (Å²) in [6, 6.07) is 0.636. The van der Waals surface area contributed by atoms with Crippen LogP contribution in [0.4, 0.5) is 13.2 Å². The zero-order valence-corrected chi connectivity index (χ0v) is 9.82. The number of pyridine rings is 1. The summed E-state index contributed by atoms with van der Waals surface area (Å²) < 4.78 is 37.4. The van der Waals surface area contributed by atoms with Gasteiger partial charge in [0.05, 0.1) is 10.2 Å². The highest BCUT2D eigenvalue weighted by atomic mass is 79.9. The average Bonchev–Trinajstić information content (AvgIpc) is 2.07. The van der Waals surface area contributed by atoms with Crippen molar-refractivity contribution < 1.29 is 13.2 Å². The van der Waals surface area contributed by atoms with Gasteiger partial charge in [-0.1, -0.05) is 0 Å². The lowest BCUT2D eigenvalue weighted by Gasteiger charge is -2.15. The lowest BCUT2D eigenvalue weighted by molar-refractivity contribution is -0.150. The molecule has 0 aliphatic heterocycles. The molecule has 0 spiro atoms. The van der Waals surface area contributed by atoms with Crippen LogP contribution in [0.2, 0.25) is 0 Å². The molecule has 0 aromatic carbocycles. The first-order chi connectivity index (χ1) is 6.32. The van der Waals surface area contributed by atoms with Crippen LogP contribution in [-0.4, -0.2) is 11.2 Å². The molecule has 0 saturated heterocycles. The predicted molar refractivity (Wildman–Crippen MR) is 52.6 cm³/mol. The smallest absolute Gasteiger partial charge is 0.315 e. The molecule has 1 atom stereocenters. The molecule has 14 heavy (non-hydrogen) atoms. The third kappa shape index (κ3) is 2.68. The molecule has 0 saturated carbocycles. The third-order valence-electron chi connectivity index (χ3n) is 1.50. The van der Waals surface area contributed by atoms with Gasteiger partial charge in [0.2, 0.25) is 0 Å². The number of halogens is 5. The van der Waals surface area contributed by atoms with Crippen molar-refractivity contribution in [1.29, 1.82) is 0 Å². The molecule has 1 aromatic heterocycles. The molecule has 0 radical (unpaired) electrons. The molecule has 78 valence electrons. The summed E-state index contributed by atoms with van der Waals surface area (Å²) in [5, 5.41) is 0. The number of hydrogen-bond acceptors (Lipinski definition) is 2. The van der Waals surface area contributed by atoms with E-state index in [0.29, 0.717) is 9.08 Å². The second-order valence-electron chi connectivity index (χ2n) is 2.53. The SMILES string of the molecule is N[C@H](c1ccc(Br)c(Br)n1)C(F)(F)F. The van der Waals surface area contributed by atoms with Crippen molar-refractivity contribution in [3.8, 4) is 0 Å². The first-order valence-corrected chi connectivity index (χ1v) is 5.05. The Morgan fingerprint density at radius 3 is 2.29 bits per heavy atom. The summed E-state index contributed by atoms with van der Waals surface area (Å²) in [5.74, 6) is 0. The monoisotopic (exact) mass is 332 g/mol. The van der Waals surface area contributed by atoms with E-state index in [2.05, 4.69) is 36.8 Å². The Bertz CT molecular complexity index is 340. The Hall–Kier alpha value is -0.140. The summed E-state index contributed by atoms with van der Waals surface area (Å²) in [6.45, 7) is 0. The predicted octanol–water partition coefficient (Wildman–Crippen LogP) is 3.17. The maximum Gasteiger partial charge on any atom is 0.409 e. The van der Waals surface area contributed by atoms with Crippen molar-refractivity contribution in [2.75, 3.05) is 0 Å². The standard InChI is InChI=1S/C7H5Br2F3N2/c8-3-1-2-4(14-6(3)9)5(13)7(10,11)12/h1-2,5H,13H2/t5-/m1/s1. The maximum atomic E-state index is 12.2. The Labute approximate surface area is 95.0 Å². The van der Waals surface area contributed by atoms with Crippen molar-refractivity contribution in [3.63, 3.8) is 0 Å². The van der Waals surface area contributed by atoms with Gasteiger partial charge < -0.3 is 5.73 Å². The van der Waals surface area contributed by atoms with E-state index in [-0.39, 0.29) is 5.69 Å². The molecule has 0 fully saturated rings. The van der Waals surface area contributed by atoms with Gasteiger partial charge in [0.25, 0.3) is 0 Å². The Balaban J connectivity index is 3.03. The van der Waals surface area contributed by atoms with Gasteiger partial charge in [0, 0.05) is 0 Å². The zero-order valence-electron chi connectivity index (χ0n) is 6.65. The minimum atomic E-state index is -4.47. The minimum absolute atomic E-state index is 0.215. The quantitative estimate of drug-likeness (QED) is 0.802. The number of rotatable bonds is 1. The van der Waals surface area contributed by atoms with Gasteiger partial charge in [0.15, 0.2) is 0 Å². The molecule has 0 amide bonds. The van der Waals surface area contributed by atoms with Gasteiger partial charge in [-0.3, -0.25) is 0 Å². The van der Waals surface area contributed by atoms with Crippen LogP contribution in [0.25, 0.3) is 0 Å². The molecule has 1 rings (SSSR count). The van der Waals surface area contributed by atoms with Crippen LogP contribution >= 0.6 is 31.9 Å². The van der Waals surface area contributed by atoms with E-state index in [0.717, 1.165) is 0 Å². The topological polar surface area (TPSA) is 38.9 Å². The number of aromatic nitrogens is 1. The molecule has 2 nitrogen and oxygen atoms in total. The second kappa shape index (κ2) is 4.16. The van der Waals surface area contributed by atoms with E-state index in [1.54, 1.807) is 0 Å². The van der Waals surface area contributed by atoms with Crippen LogP contribution in [-0.2, 0) is 0 Å².